The third-order valence-electron chi connectivity index (χ3n) is 1.69. The van der Waals surface area contributed by atoms with Crippen LogP contribution in [0.5, 0.6) is 0 Å². The molecule has 0 radical (unpaired) electrons. The third kappa shape index (κ3) is 0.906. The summed E-state index contributed by atoms with van der Waals surface area (Å²) in [6.45, 7) is 2.00. The Morgan fingerprint density at radius 3 is 3.00 bits per heavy atom. The van der Waals surface area contributed by atoms with Crippen molar-refractivity contribution in [1.82, 2.24) is 5.16 Å². The van der Waals surface area contributed by atoms with Crippen molar-refractivity contribution in [2.75, 3.05) is 0 Å². The van der Waals surface area contributed by atoms with Gasteiger partial charge in [-0.1, -0.05) is 22.8 Å². The number of halogens is 1. The van der Waals surface area contributed by atoms with Gasteiger partial charge in [0, 0.05) is 5.39 Å². The van der Waals surface area contributed by atoms with E-state index in [1.54, 1.807) is 6.20 Å². The van der Waals surface area contributed by atoms with Crippen LogP contribution in [0.15, 0.2) is 22.9 Å². The Balaban J connectivity index is 2.96. The van der Waals surface area contributed by atoms with E-state index in [0.29, 0.717) is 10.6 Å². The molecule has 2 nitrogen and oxygen atoms in total. The van der Waals surface area contributed by atoms with Crippen molar-refractivity contribution < 1.29 is 4.52 Å². The fourth-order valence-corrected chi connectivity index (χ4v) is 1.26. The Bertz CT molecular complexity index is 358. The number of hydrogen-bond acceptors (Lipinski definition) is 2. The summed E-state index contributed by atoms with van der Waals surface area (Å²) in [6.07, 6.45) is 1.68. The van der Waals surface area contributed by atoms with E-state index in [1.807, 2.05) is 19.1 Å². The lowest BCUT2D eigenvalue weighted by Gasteiger charge is -1.93. The van der Waals surface area contributed by atoms with E-state index >= 15 is 0 Å². The van der Waals surface area contributed by atoms with Crippen LogP contribution in [0.1, 0.15) is 5.56 Å². The van der Waals surface area contributed by atoms with Crippen LogP contribution in [0.4, 0.5) is 0 Å². The van der Waals surface area contributed by atoms with Crippen molar-refractivity contribution >= 4 is 22.6 Å². The summed E-state index contributed by atoms with van der Waals surface area (Å²) in [6, 6.07) is 3.76. The second kappa shape index (κ2) is 2.24. The van der Waals surface area contributed by atoms with E-state index in [0.717, 1.165) is 10.9 Å². The van der Waals surface area contributed by atoms with Crippen LogP contribution in [0.3, 0.4) is 0 Å². The van der Waals surface area contributed by atoms with E-state index in [4.69, 9.17) is 16.1 Å². The molecule has 0 unspecified atom stereocenters. The van der Waals surface area contributed by atoms with E-state index in [1.165, 1.54) is 0 Å². The third-order valence-corrected chi connectivity index (χ3v) is 1.99. The highest BCUT2D eigenvalue weighted by atomic mass is 35.5. The van der Waals surface area contributed by atoms with Gasteiger partial charge < -0.3 is 4.52 Å². The first-order valence-corrected chi connectivity index (χ1v) is 3.66. The predicted octanol–water partition coefficient (Wildman–Crippen LogP) is 2.79. The van der Waals surface area contributed by atoms with Gasteiger partial charge in [-0.25, -0.2) is 0 Å². The molecule has 0 aliphatic carbocycles. The lowest BCUT2D eigenvalue weighted by molar-refractivity contribution is 0.456. The molecule has 3 heteroatoms. The summed E-state index contributed by atoms with van der Waals surface area (Å²) in [4.78, 5) is 0. The minimum Gasteiger partial charge on any atom is -0.355 e. The molecule has 56 valence electrons. The van der Waals surface area contributed by atoms with Crippen molar-refractivity contribution in [3.8, 4) is 0 Å². The summed E-state index contributed by atoms with van der Waals surface area (Å²) in [5.41, 5.74) is 1.80. The summed E-state index contributed by atoms with van der Waals surface area (Å²) in [5, 5.41) is 5.26. The van der Waals surface area contributed by atoms with Crippen molar-refractivity contribution in [3.05, 3.63) is 28.9 Å². The van der Waals surface area contributed by atoms with Crippen LogP contribution in [0.2, 0.25) is 5.02 Å². The van der Waals surface area contributed by atoms with Crippen LogP contribution in [-0.4, -0.2) is 5.16 Å². The summed E-state index contributed by atoms with van der Waals surface area (Å²) in [5.74, 6) is 0. The van der Waals surface area contributed by atoms with Gasteiger partial charge in [0.15, 0.2) is 5.58 Å². The maximum atomic E-state index is 5.84. The van der Waals surface area contributed by atoms with Crippen molar-refractivity contribution in [2.24, 2.45) is 0 Å². The minimum atomic E-state index is 0.614. The zero-order chi connectivity index (χ0) is 7.84. The summed E-state index contributed by atoms with van der Waals surface area (Å²) >= 11 is 5.84. The van der Waals surface area contributed by atoms with Crippen LogP contribution in [0, 0.1) is 6.92 Å². The zero-order valence-electron chi connectivity index (χ0n) is 5.97. The standard InChI is InChI=1S/C8H6ClNO/c1-5-2-3-7(9)8-6(5)4-10-11-8/h2-4H,1H3. The van der Waals surface area contributed by atoms with Gasteiger partial charge in [-0.15, -0.1) is 0 Å². The molecule has 1 aromatic heterocycles. The maximum absolute atomic E-state index is 5.84. The van der Waals surface area contributed by atoms with E-state index in [-0.39, 0.29) is 0 Å². The molecule has 0 spiro atoms. The average Bonchev–Trinajstić information content (AvgIpc) is 2.45. The van der Waals surface area contributed by atoms with Gasteiger partial charge in [-0.3, -0.25) is 0 Å². The predicted molar refractivity (Wildman–Crippen MR) is 43.8 cm³/mol. The molecule has 1 heterocycles. The Labute approximate surface area is 68.7 Å². The molecule has 11 heavy (non-hydrogen) atoms. The second-order valence-electron chi connectivity index (χ2n) is 2.43. The first-order valence-electron chi connectivity index (χ1n) is 3.28. The average molecular weight is 168 g/mol. The topological polar surface area (TPSA) is 26.0 Å². The largest absolute Gasteiger partial charge is 0.355 e. The monoisotopic (exact) mass is 167 g/mol. The number of nitrogens with zero attached hydrogens (tertiary/aromatic N) is 1. The van der Waals surface area contributed by atoms with Crippen molar-refractivity contribution in [3.63, 3.8) is 0 Å². The van der Waals surface area contributed by atoms with Gasteiger partial charge in [0.25, 0.3) is 0 Å². The number of hydrogen-bond donors (Lipinski definition) is 0. The molecule has 0 bridgehead atoms. The van der Waals surface area contributed by atoms with Crippen molar-refractivity contribution in [2.45, 2.75) is 6.92 Å². The SMILES string of the molecule is Cc1ccc(Cl)c2oncc12. The molecule has 0 fully saturated rings. The normalized spacial score (nSPS) is 10.7. The molecule has 0 amide bonds. The van der Waals surface area contributed by atoms with Gasteiger partial charge in [0.2, 0.25) is 0 Å². The first-order chi connectivity index (χ1) is 5.29. The number of benzene rings is 1. The molecule has 2 rings (SSSR count). The highest BCUT2D eigenvalue weighted by Gasteiger charge is 2.04. The Hall–Kier alpha value is -1.02. The van der Waals surface area contributed by atoms with E-state index < -0.39 is 0 Å². The maximum Gasteiger partial charge on any atom is 0.185 e. The molecule has 0 atom stereocenters. The highest BCUT2D eigenvalue weighted by Crippen LogP contribution is 2.25. The molecule has 0 saturated heterocycles. The van der Waals surface area contributed by atoms with Gasteiger partial charge in [-0.2, -0.15) is 0 Å². The molecule has 0 N–H and O–H groups in total. The lowest BCUT2D eigenvalue weighted by atomic mass is 10.2. The Morgan fingerprint density at radius 2 is 2.27 bits per heavy atom. The van der Waals surface area contributed by atoms with Gasteiger partial charge >= 0.3 is 0 Å². The summed E-state index contributed by atoms with van der Waals surface area (Å²) in [7, 11) is 0. The van der Waals surface area contributed by atoms with Gasteiger partial charge in [-0.05, 0) is 18.6 Å². The first kappa shape index (κ1) is 6.68. The fraction of sp³-hybridized carbons (Fsp3) is 0.125. The quantitative estimate of drug-likeness (QED) is 0.603. The van der Waals surface area contributed by atoms with E-state index in [9.17, 15) is 0 Å². The molecule has 2 aromatic rings. The van der Waals surface area contributed by atoms with Crippen molar-refractivity contribution in [1.29, 1.82) is 0 Å². The summed E-state index contributed by atoms with van der Waals surface area (Å²) < 4.78 is 4.95. The number of aromatic nitrogens is 1. The van der Waals surface area contributed by atoms with Gasteiger partial charge in [0.1, 0.15) is 0 Å². The Morgan fingerprint density at radius 1 is 1.45 bits per heavy atom. The fourth-order valence-electron chi connectivity index (χ4n) is 1.06. The highest BCUT2D eigenvalue weighted by molar-refractivity contribution is 6.34. The van der Waals surface area contributed by atoms with Crippen LogP contribution in [-0.2, 0) is 0 Å². The number of rotatable bonds is 0. The lowest BCUT2D eigenvalue weighted by Crippen LogP contribution is -1.72. The molecular formula is C8H6ClNO. The Kier molecular flexibility index (Phi) is 1.36. The van der Waals surface area contributed by atoms with Crippen LogP contribution in [0.25, 0.3) is 11.0 Å². The molecular weight excluding hydrogens is 162 g/mol. The smallest absolute Gasteiger partial charge is 0.185 e. The number of fused-ring (bicyclic) bond motifs is 1. The minimum absolute atomic E-state index is 0.614. The molecule has 0 saturated carbocycles. The second-order valence-corrected chi connectivity index (χ2v) is 2.84. The van der Waals surface area contributed by atoms with Crippen LogP contribution < -0.4 is 0 Å². The van der Waals surface area contributed by atoms with Crippen LogP contribution >= 0.6 is 11.6 Å². The molecule has 0 aliphatic heterocycles. The molecule has 1 aromatic carbocycles. The van der Waals surface area contributed by atoms with E-state index in [2.05, 4.69) is 5.16 Å². The van der Waals surface area contributed by atoms with Gasteiger partial charge in [0.05, 0.1) is 11.2 Å². The molecule has 0 aliphatic rings. The zero-order valence-corrected chi connectivity index (χ0v) is 6.72. The number of aryl methyl sites for hydroxylation is 1.